The summed E-state index contributed by atoms with van der Waals surface area (Å²) in [4.78, 5) is 24.8. The van der Waals surface area contributed by atoms with E-state index < -0.39 is 10.1 Å². The molecule has 8 heteroatoms. The van der Waals surface area contributed by atoms with Gasteiger partial charge in [-0.3, -0.25) is 14.1 Å². The Hall–Kier alpha value is -1.67. The molecule has 0 aromatic carbocycles. The van der Waals surface area contributed by atoms with Gasteiger partial charge >= 0.3 is 0 Å². The molecule has 0 saturated carbocycles. The molecular weight excluding hydrogens is 384 g/mol. The Balaban J connectivity index is 2.23. The summed E-state index contributed by atoms with van der Waals surface area (Å²) in [5.74, 6) is -0.744. The summed E-state index contributed by atoms with van der Waals surface area (Å²) in [7, 11) is -1.11. The lowest BCUT2D eigenvalue weighted by Crippen LogP contribution is -2.25. The fourth-order valence-corrected chi connectivity index (χ4v) is 3.89. The Kier molecular flexibility index (Phi) is 10.5. The highest BCUT2D eigenvalue weighted by Gasteiger charge is 2.34. The second kappa shape index (κ2) is 12.0. The maximum absolute atomic E-state index is 12.5. The van der Waals surface area contributed by atoms with E-state index in [-0.39, 0.29) is 28.8 Å². The van der Waals surface area contributed by atoms with Crippen LogP contribution in [0.15, 0.2) is 22.7 Å². The number of carbonyl (C=O) groups excluding carboxylic acids is 2. The molecule has 160 valence electrons. The molecule has 1 rings (SSSR count). The number of allylic oxidation sites excluding steroid dienone is 2. The molecule has 0 amide bonds. The molecule has 0 spiro atoms. The largest absolute Gasteiger partial charge is 0.489 e. The number of ether oxygens (including phenoxy) is 2. The molecular formula is C20H32O7S. The van der Waals surface area contributed by atoms with Crippen molar-refractivity contribution in [3.8, 4) is 0 Å². The van der Waals surface area contributed by atoms with E-state index >= 15 is 0 Å². The minimum Gasteiger partial charge on any atom is -0.489 e. The standard InChI is InChI=1S/C20H32O7S/c1-15-16(18(22)20(27-3)19(26-2)17(15)21)13-11-9-7-5-4-6-8-10-12-14-28(23,24)25/h4-14H2,1-3H3,(H,23,24,25). The van der Waals surface area contributed by atoms with Crippen LogP contribution in [0.3, 0.4) is 0 Å². The molecule has 0 aromatic heterocycles. The number of Topliss-reactive ketones (excluding diaryl/α,β-unsaturated/α-hetero) is 2. The predicted octanol–water partition coefficient (Wildman–Crippen LogP) is 3.75. The van der Waals surface area contributed by atoms with Gasteiger partial charge in [0.05, 0.1) is 20.0 Å². The molecule has 1 aliphatic carbocycles. The Labute approximate surface area is 167 Å². The van der Waals surface area contributed by atoms with E-state index in [2.05, 4.69) is 0 Å². The molecule has 0 heterocycles. The Morgan fingerprint density at radius 3 is 1.64 bits per heavy atom. The molecule has 0 fully saturated rings. The summed E-state index contributed by atoms with van der Waals surface area (Å²) in [6, 6.07) is 0. The number of hydrogen-bond donors (Lipinski definition) is 1. The van der Waals surface area contributed by atoms with Crippen molar-refractivity contribution in [2.75, 3.05) is 20.0 Å². The lowest BCUT2D eigenvalue weighted by Gasteiger charge is -2.20. The second-order valence-electron chi connectivity index (χ2n) is 7.05. The van der Waals surface area contributed by atoms with E-state index in [1.165, 1.54) is 14.2 Å². The quantitative estimate of drug-likeness (QED) is 0.261. The van der Waals surface area contributed by atoms with Crippen molar-refractivity contribution in [1.82, 2.24) is 0 Å². The van der Waals surface area contributed by atoms with Crippen LogP contribution in [-0.2, 0) is 29.2 Å². The van der Waals surface area contributed by atoms with E-state index in [0.717, 1.165) is 51.4 Å². The van der Waals surface area contributed by atoms with Crippen molar-refractivity contribution >= 4 is 21.7 Å². The average molecular weight is 417 g/mol. The molecule has 0 radical (unpaired) electrons. The molecule has 0 aliphatic heterocycles. The first-order valence-electron chi connectivity index (χ1n) is 9.79. The smallest absolute Gasteiger partial charge is 0.264 e. The number of methoxy groups -OCH3 is 2. The van der Waals surface area contributed by atoms with Crippen LogP contribution in [0.4, 0.5) is 0 Å². The van der Waals surface area contributed by atoms with E-state index in [0.29, 0.717) is 24.0 Å². The van der Waals surface area contributed by atoms with E-state index in [9.17, 15) is 18.0 Å². The predicted molar refractivity (Wildman–Crippen MR) is 106 cm³/mol. The first-order chi connectivity index (χ1) is 13.2. The SMILES string of the molecule is COC1=C(OC)C(=O)C(CCCCCCCCCCCS(=O)(=O)O)=C(C)C1=O. The lowest BCUT2D eigenvalue weighted by atomic mass is 9.89. The van der Waals surface area contributed by atoms with Gasteiger partial charge in [-0.1, -0.05) is 44.9 Å². The average Bonchev–Trinajstić information content (AvgIpc) is 2.63. The van der Waals surface area contributed by atoms with Crippen LogP contribution >= 0.6 is 0 Å². The zero-order valence-corrected chi connectivity index (χ0v) is 17.9. The van der Waals surface area contributed by atoms with Crippen LogP contribution < -0.4 is 0 Å². The molecule has 1 N–H and O–H groups in total. The maximum Gasteiger partial charge on any atom is 0.264 e. The van der Waals surface area contributed by atoms with Gasteiger partial charge in [-0.2, -0.15) is 8.42 Å². The number of carbonyl (C=O) groups is 2. The summed E-state index contributed by atoms with van der Waals surface area (Å²) in [6.07, 6.45) is 8.90. The fourth-order valence-electron chi connectivity index (χ4n) is 3.32. The van der Waals surface area contributed by atoms with Crippen molar-refractivity contribution in [3.05, 3.63) is 22.7 Å². The van der Waals surface area contributed by atoms with Gasteiger partial charge in [0.2, 0.25) is 23.1 Å². The number of ketones is 2. The molecule has 0 aromatic rings. The van der Waals surface area contributed by atoms with Crippen LogP contribution in [0.1, 0.15) is 71.1 Å². The van der Waals surface area contributed by atoms with Gasteiger partial charge in [-0.25, -0.2) is 0 Å². The third-order valence-electron chi connectivity index (χ3n) is 4.92. The van der Waals surface area contributed by atoms with Crippen LogP contribution in [0.25, 0.3) is 0 Å². The Morgan fingerprint density at radius 1 is 0.750 bits per heavy atom. The topological polar surface area (TPSA) is 107 Å². The van der Waals surface area contributed by atoms with Gasteiger partial charge < -0.3 is 9.47 Å². The molecule has 0 unspecified atom stereocenters. The Bertz CT molecular complexity index is 717. The zero-order valence-electron chi connectivity index (χ0n) is 17.1. The number of rotatable bonds is 14. The number of hydrogen-bond acceptors (Lipinski definition) is 6. The zero-order chi connectivity index (χ0) is 21.2. The number of unbranched alkanes of at least 4 members (excludes halogenated alkanes) is 8. The highest BCUT2D eigenvalue weighted by atomic mass is 32.2. The molecule has 1 aliphatic rings. The fraction of sp³-hybridized carbons (Fsp3) is 0.700. The van der Waals surface area contributed by atoms with Crippen LogP contribution in [-0.4, -0.2) is 44.5 Å². The summed E-state index contributed by atoms with van der Waals surface area (Å²) in [6.45, 7) is 1.66. The normalized spacial score (nSPS) is 15.4. The summed E-state index contributed by atoms with van der Waals surface area (Å²) in [5.41, 5.74) is 0.953. The van der Waals surface area contributed by atoms with Gasteiger partial charge in [0.15, 0.2) is 0 Å². The third-order valence-corrected chi connectivity index (χ3v) is 5.73. The highest BCUT2D eigenvalue weighted by molar-refractivity contribution is 7.85. The monoisotopic (exact) mass is 416 g/mol. The van der Waals surface area contributed by atoms with Gasteiger partial charge in [0, 0.05) is 11.1 Å². The van der Waals surface area contributed by atoms with Gasteiger partial charge in [0.25, 0.3) is 10.1 Å². The molecule has 0 saturated heterocycles. The Morgan fingerprint density at radius 2 is 1.18 bits per heavy atom. The molecule has 0 bridgehead atoms. The van der Waals surface area contributed by atoms with E-state index in [4.69, 9.17) is 14.0 Å². The van der Waals surface area contributed by atoms with Crippen molar-refractivity contribution in [2.24, 2.45) is 0 Å². The second-order valence-corrected chi connectivity index (χ2v) is 8.62. The minimum absolute atomic E-state index is 0.0119. The van der Waals surface area contributed by atoms with Crippen molar-refractivity contribution in [2.45, 2.75) is 71.1 Å². The summed E-state index contributed by atoms with van der Waals surface area (Å²) in [5, 5.41) is 0. The lowest BCUT2D eigenvalue weighted by molar-refractivity contribution is -0.121. The van der Waals surface area contributed by atoms with Gasteiger partial charge in [-0.15, -0.1) is 0 Å². The van der Waals surface area contributed by atoms with Crippen LogP contribution in [0.2, 0.25) is 0 Å². The van der Waals surface area contributed by atoms with Crippen molar-refractivity contribution in [3.63, 3.8) is 0 Å². The van der Waals surface area contributed by atoms with Crippen molar-refractivity contribution in [1.29, 1.82) is 0 Å². The van der Waals surface area contributed by atoms with Gasteiger partial charge in [-0.05, 0) is 26.2 Å². The first-order valence-corrected chi connectivity index (χ1v) is 11.4. The molecule has 7 nitrogen and oxygen atoms in total. The van der Waals surface area contributed by atoms with Crippen molar-refractivity contribution < 1.29 is 32.0 Å². The van der Waals surface area contributed by atoms with Crippen LogP contribution in [0.5, 0.6) is 0 Å². The van der Waals surface area contributed by atoms with E-state index in [1.807, 2.05) is 0 Å². The van der Waals surface area contributed by atoms with Gasteiger partial charge in [0.1, 0.15) is 0 Å². The molecule has 28 heavy (non-hydrogen) atoms. The maximum atomic E-state index is 12.5. The third kappa shape index (κ3) is 7.75. The first kappa shape index (κ1) is 24.4. The molecule has 0 atom stereocenters. The minimum atomic E-state index is -3.83. The summed E-state index contributed by atoms with van der Waals surface area (Å²) >= 11 is 0. The summed E-state index contributed by atoms with van der Waals surface area (Å²) < 4.78 is 40.0. The van der Waals surface area contributed by atoms with E-state index in [1.54, 1.807) is 6.92 Å². The highest BCUT2D eigenvalue weighted by Crippen LogP contribution is 2.28. The van der Waals surface area contributed by atoms with Crippen LogP contribution in [0, 0.1) is 0 Å².